The molecule has 13 heavy (non-hydrogen) atoms. The van der Waals surface area contributed by atoms with Gasteiger partial charge >= 0.3 is 0 Å². The molecule has 2 nitrogen and oxygen atoms in total. The molecule has 1 aliphatic heterocycles. The fourth-order valence-corrected chi connectivity index (χ4v) is 1.99. The van der Waals surface area contributed by atoms with E-state index in [9.17, 15) is 0 Å². The molecule has 1 rings (SSSR count). The average Bonchev–Trinajstić information content (AvgIpc) is 2.13. The molecule has 0 bridgehead atoms. The van der Waals surface area contributed by atoms with Crippen molar-refractivity contribution in [3.05, 3.63) is 0 Å². The highest BCUT2D eigenvalue weighted by Crippen LogP contribution is 2.14. The van der Waals surface area contributed by atoms with Crippen LogP contribution in [0.5, 0.6) is 0 Å². The summed E-state index contributed by atoms with van der Waals surface area (Å²) < 4.78 is 5.44. The zero-order valence-electron chi connectivity index (χ0n) is 8.47. The number of hydrogen-bond acceptors (Lipinski definition) is 2. The summed E-state index contributed by atoms with van der Waals surface area (Å²) in [5, 5.41) is 0.361. The molecule has 0 spiro atoms. The number of hydrogen-bond donors (Lipinski definition) is 0. The Labute approximate surface area is 86.2 Å². The van der Waals surface area contributed by atoms with E-state index in [1.807, 2.05) is 0 Å². The first-order valence-corrected chi connectivity index (χ1v) is 5.70. The molecule has 78 valence electrons. The topological polar surface area (TPSA) is 12.5 Å². The van der Waals surface area contributed by atoms with Gasteiger partial charge in [0.2, 0.25) is 0 Å². The number of rotatable bonds is 5. The molecule has 0 radical (unpaired) electrons. The van der Waals surface area contributed by atoms with Crippen molar-refractivity contribution in [3.8, 4) is 0 Å². The van der Waals surface area contributed by atoms with Gasteiger partial charge in [-0.3, -0.25) is 4.90 Å². The second kappa shape index (κ2) is 6.63. The molecule has 1 atom stereocenters. The Balaban J connectivity index is 2.00. The lowest BCUT2D eigenvalue weighted by molar-refractivity contribution is 0.0976. The molecular formula is C10H20ClNO. The minimum absolute atomic E-state index is 0.361. The van der Waals surface area contributed by atoms with Crippen LogP contribution in [0.15, 0.2) is 0 Å². The van der Waals surface area contributed by atoms with Gasteiger partial charge in [0.05, 0.1) is 6.61 Å². The van der Waals surface area contributed by atoms with Crippen LogP contribution in [0.25, 0.3) is 0 Å². The Morgan fingerprint density at radius 2 is 2.31 bits per heavy atom. The van der Waals surface area contributed by atoms with Crippen LogP contribution >= 0.6 is 11.6 Å². The lowest BCUT2D eigenvalue weighted by atomic mass is 10.1. The fraction of sp³-hybridized carbons (Fsp3) is 1.00. The van der Waals surface area contributed by atoms with Gasteiger partial charge in [-0.05, 0) is 25.8 Å². The summed E-state index contributed by atoms with van der Waals surface area (Å²) >= 11 is 6.07. The highest BCUT2D eigenvalue weighted by molar-refractivity contribution is 6.20. The van der Waals surface area contributed by atoms with Gasteiger partial charge in [0.25, 0.3) is 0 Å². The van der Waals surface area contributed by atoms with Crippen LogP contribution in [0.1, 0.15) is 26.2 Å². The first-order valence-electron chi connectivity index (χ1n) is 5.27. The number of ether oxygens (including phenoxy) is 1. The van der Waals surface area contributed by atoms with Crippen LogP contribution in [-0.2, 0) is 4.74 Å². The smallest absolute Gasteiger partial charge is 0.0593 e. The van der Waals surface area contributed by atoms with Gasteiger partial charge in [0, 0.05) is 25.1 Å². The highest BCUT2D eigenvalue weighted by atomic mass is 35.5. The maximum absolute atomic E-state index is 6.07. The van der Waals surface area contributed by atoms with Crippen molar-refractivity contribution in [1.82, 2.24) is 4.90 Å². The molecule has 0 aromatic rings. The monoisotopic (exact) mass is 205 g/mol. The Kier molecular flexibility index (Phi) is 5.76. The summed E-state index contributed by atoms with van der Waals surface area (Å²) in [5.41, 5.74) is 0. The zero-order valence-corrected chi connectivity index (χ0v) is 9.22. The maximum atomic E-state index is 6.07. The molecule has 0 saturated carbocycles. The largest absolute Gasteiger partial charge is 0.380 e. The number of nitrogens with zero attached hydrogens (tertiary/aromatic N) is 1. The normalized spacial score (nSPS) is 24.9. The molecule has 1 unspecified atom stereocenters. The number of piperidine rings is 1. The first-order chi connectivity index (χ1) is 6.33. The van der Waals surface area contributed by atoms with Crippen LogP contribution in [0.2, 0.25) is 0 Å². The Hall–Kier alpha value is 0.210. The van der Waals surface area contributed by atoms with Crippen LogP contribution in [0, 0.1) is 0 Å². The van der Waals surface area contributed by atoms with Crippen molar-refractivity contribution in [3.63, 3.8) is 0 Å². The van der Waals surface area contributed by atoms with Crippen LogP contribution in [0.4, 0.5) is 0 Å². The molecule has 1 fully saturated rings. The van der Waals surface area contributed by atoms with Gasteiger partial charge in [-0.25, -0.2) is 0 Å². The molecule has 1 aliphatic rings. The number of alkyl halides is 1. The first kappa shape index (κ1) is 11.3. The predicted molar refractivity (Wildman–Crippen MR) is 56.4 cm³/mol. The van der Waals surface area contributed by atoms with E-state index in [0.717, 1.165) is 32.7 Å². The molecule has 0 N–H and O–H groups in total. The fourth-order valence-electron chi connectivity index (χ4n) is 1.64. The summed E-state index contributed by atoms with van der Waals surface area (Å²) in [5.74, 6) is 0. The summed E-state index contributed by atoms with van der Waals surface area (Å²) in [4.78, 5) is 2.40. The van der Waals surface area contributed by atoms with Gasteiger partial charge in [0.1, 0.15) is 0 Å². The molecular weight excluding hydrogens is 186 g/mol. The van der Waals surface area contributed by atoms with E-state index < -0.39 is 0 Å². The van der Waals surface area contributed by atoms with Crippen LogP contribution < -0.4 is 0 Å². The third-order valence-corrected chi connectivity index (χ3v) is 2.70. The Morgan fingerprint density at radius 1 is 1.46 bits per heavy atom. The standard InChI is InChI=1S/C10H20ClNO/c1-2-7-13-8-6-12-5-3-4-10(11)9-12/h10H,2-9H2,1H3. The molecule has 3 heteroatoms. The van der Waals surface area contributed by atoms with E-state index in [1.165, 1.54) is 19.4 Å². The lowest BCUT2D eigenvalue weighted by Gasteiger charge is -2.29. The van der Waals surface area contributed by atoms with Crippen molar-refractivity contribution < 1.29 is 4.74 Å². The van der Waals surface area contributed by atoms with Gasteiger partial charge in [-0.1, -0.05) is 6.92 Å². The summed E-state index contributed by atoms with van der Waals surface area (Å²) in [6.45, 7) is 7.16. The lowest BCUT2D eigenvalue weighted by Crippen LogP contribution is -2.38. The molecule has 0 aliphatic carbocycles. The predicted octanol–water partition coefficient (Wildman–Crippen LogP) is 2.12. The van der Waals surface area contributed by atoms with Crippen molar-refractivity contribution in [2.45, 2.75) is 31.6 Å². The van der Waals surface area contributed by atoms with Crippen molar-refractivity contribution >= 4 is 11.6 Å². The minimum Gasteiger partial charge on any atom is -0.380 e. The second-order valence-electron chi connectivity index (χ2n) is 3.65. The molecule has 1 saturated heterocycles. The van der Waals surface area contributed by atoms with Gasteiger partial charge in [-0.2, -0.15) is 0 Å². The summed E-state index contributed by atoms with van der Waals surface area (Å²) in [6.07, 6.45) is 3.52. The van der Waals surface area contributed by atoms with Gasteiger partial charge < -0.3 is 4.74 Å². The maximum Gasteiger partial charge on any atom is 0.0593 e. The van der Waals surface area contributed by atoms with E-state index in [2.05, 4.69) is 11.8 Å². The quantitative estimate of drug-likeness (QED) is 0.504. The summed E-state index contributed by atoms with van der Waals surface area (Å²) in [6, 6.07) is 0. The number of likely N-dealkylation sites (tertiary alicyclic amines) is 1. The van der Waals surface area contributed by atoms with E-state index >= 15 is 0 Å². The molecule has 1 heterocycles. The SMILES string of the molecule is CCCOCCN1CCCC(Cl)C1. The van der Waals surface area contributed by atoms with E-state index in [0.29, 0.717) is 5.38 Å². The number of halogens is 1. The Morgan fingerprint density at radius 3 is 3.00 bits per heavy atom. The van der Waals surface area contributed by atoms with E-state index in [4.69, 9.17) is 16.3 Å². The zero-order chi connectivity index (χ0) is 9.52. The minimum atomic E-state index is 0.361. The van der Waals surface area contributed by atoms with Crippen molar-refractivity contribution in [2.75, 3.05) is 32.8 Å². The van der Waals surface area contributed by atoms with Gasteiger partial charge in [0.15, 0.2) is 0 Å². The third-order valence-electron chi connectivity index (χ3n) is 2.35. The van der Waals surface area contributed by atoms with Crippen molar-refractivity contribution in [1.29, 1.82) is 0 Å². The third kappa shape index (κ3) is 4.84. The highest BCUT2D eigenvalue weighted by Gasteiger charge is 2.16. The van der Waals surface area contributed by atoms with Crippen molar-refractivity contribution in [2.24, 2.45) is 0 Å². The van der Waals surface area contributed by atoms with E-state index in [1.54, 1.807) is 0 Å². The Bertz CT molecular complexity index is 132. The van der Waals surface area contributed by atoms with Gasteiger partial charge in [-0.15, -0.1) is 11.6 Å². The molecule has 0 amide bonds. The van der Waals surface area contributed by atoms with Crippen LogP contribution in [-0.4, -0.2) is 43.1 Å². The second-order valence-corrected chi connectivity index (χ2v) is 4.27. The van der Waals surface area contributed by atoms with Crippen LogP contribution in [0.3, 0.4) is 0 Å². The average molecular weight is 206 g/mol. The van der Waals surface area contributed by atoms with E-state index in [-0.39, 0.29) is 0 Å². The molecule has 0 aromatic heterocycles. The summed E-state index contributed by atoms with van der Waals surface area (Å²) in [7, 11) is 0. The molecule has 0 aromatic carbocycles.